The molecule has 1 atom stereocenters. The van der Waals surface area contributed by atoms with Crippen molar-refractivity contribution in [2.45, 2.75) is 6.42 Å². The maximum Gasteiger partial charge on any atom is 0.373 e. The van der Waals surface area contributed by atoms with Crippen LogP contribution in [0, 0.1) is 5.92 Å². The summed E-state index contributed by atoms with van der Waals surface area (Å²) in [7, 11) is 1.28. The molecule has 0 aromatic carbocycles. The van der Waals surface area contributed by atoms with Crippen LogP contribution in [0.15, 0.2) is 24.2 Å². The number of rotatable bonds is 2. The van der Waals surface area contributed by atoms with Gasteiger partial charge in [-0.15, -0.1) is 0 Å². The van der Waals surface area contributed by atoms with Crippen molar-refractivity contribution in [2.24, 2.45) is 5.92 Å². The summed E-state index contributed by atoms with van der Waals surface area (Å²) >= 11 is 0. The van der Waals surface area contributed by atoms with Crippen LogP contribution >= 0.6 is 0 Å². The van der Waals surface area contributed by atoms with Gasteiger partial charge in [-0.1, -0.05) is 0 Å². The van der Waals surface area contributed by atoms with Crippen LogP contribution in [0.5, 0.6) is 0 Å². The van der Waals surface area contributed by atoms with E-state index in [0.717, 1.165) is 6.29 Å². The molecule has 0 radical (unpaired) electrons. The molecular weight excluding hydrogens is 172 g/mol. The average molecular weight is 182 g/mol. The summed E-state index contributed by atoms with van der Waals surface area (Å²) in [5.74, 6) is -0.624. The molecule has 0 fully saturated rings. The molecule has 0 saturated heterocycles. The molecule has 0 aromatic heterocycles. The van der Waals surface area contributed by atoms with E-state index in [4.69, 9.17) is 4.74 Å². The zero-order valence-electron chi connectivity index (χ0n) is 7.23. The summed E-state index contributed by atoms with van der Waals surface area (Å²) in [4.78, 5) is 21.4. The average Bonchev–Trinajstić information content (AvgIpc) is 2.41. The molecule has 1 heterocycles. The number of hydrogen-bond donors (Lipinski definition) is 0. The molecule has 0 saturated carbocycles. The second kappa shape index (κ2) is 4.45. The largest absolute Gasteiger partial charge is 0.463 e. The third kappa shape index (κ3) is 2.43. The van der Waals surface area contributed by atoms with E-state index in [9.17, 15) is 9.59 Å². The van der Waals surface area contributed by atoms with Gasteiger partial charge in [0.2, 0.25) is 5.76 Å². The van der Waals surface area contributed by atoms with Gasteiger partial charge in [0, 0.05) is 5.92 Å². The van der Waals surface area contributed by atoms with Gasteiger partial charge in [-0.25, -0.2) is 4.79 Å². The lowest BCUT2D eigenvalue weighted by atomic mass is 10.1. The maximum atomic E-state index is 11.0. The zero-order valence-corrected chi connectivity index (χ0v) is 7.23. The smallest absolute Gasteiger partial charge is 0.373 e. The second-order valence-corrected chi connectivity index (χ2v) is 2.54. The first-order chi connectivity index (χ1) is 6.27. The van der Waals surface area contributed by atoms with Crippen LogP contribution in [0.4, 0.5) is 0 Å². The molecule has 4 heteroatoms. The standard InChI is InChI=1S/C9H10O4/c1-12-9(11)8-3-2-7(6-10)4-5-13-8/h3-7H,2H2,1H3. The minimum Gasteiger partial charge on any atom is -0.463 e. The van der Waals surface area contributed by atoms with Crippen molar-refractivity contribution >= 4 is 12.3 Å². The molecule has 1 aliphatic heterocycles. The lowest BCUT2D eigenvalue weighted by Gasteiger charge is -2.00. The van der Waals surface area contributed by atoms with Gasteiger partial charge in [0.1, 0.15) is 6.29 Å². The van der Waals surface area contributed by atoms with Crippen LogP contribution in [-0.4, -0.2) is 19.4 Å². The Kier molecular flexibility index (Phi) is 3.25. The highest BCUT2D eigenvalue weighted by atomic mass is 16.6. The van der Waals surface area contributed by atoms with E-state index in [1.165, 1.54) is 13.4 Å². The predicted molar refractivity (Wildman–Crippen MR) is 44.5 cm³/mol. The molecule has 0 bridgehead atoms. The summed E-state index contributed by atoms with van der Waals surface area (Å²) in [5, 5.41) is 0. The second-order valence-electron chi connectivity index (χ2n) is 2.54. The summed E-state index contributed by atoms with van der Waals surface area (Å²) in [6.45, 7) is 0. The van der Waals surface area contributed by atoms with Gasteiger partial charge in [-0.2, -0.15) is 0 Å². The fourth-order valence-corrected chi connectivity index (χ4v) is 0.916. The van der Waals surface area contributed by atoms with Crippen LogP contribution in [-0.2, 0) is 19.1 Å². The highest BCUT2D eigenvalue weighted by Gasteiger charge is 2.14. The molecular formula is C9H10O4. The van der Waals surface area contributed by atoms with Gasteiger partial charge in [0.25, 0.3) is 0 Å². The predicted octanol–water partition coefficient (Wildman–Crippen LogP) is 0.792. The first-order valence-electron chi connectivity index (χ1n) is 3.85. The quantitative estimate of drug-likeness (QED) is 0.468. The van der Waals surface area contributed by atoms with Crippen LogP contribution in [0.25, 0.3) is 0 Å². The highest BCUT2D eigenvalue weighted by Crippen LogP contribution is 2.13. The maximum absolute atomic E-state index is 11.0. The number of carbonyl (C=O) groups excluding carboxylic acids is 2. The van der Waals surface area contributed by atoms with Crippen molar-refractivity contribution in [1.29, 1.82) is 0 Å². The van der Waals surface area contributed by atoms with Crippen molar-refractivity contribution in [3.05, 3.63) is 24.2 Å². The van der Waals surface area contributed by atoms with Crippen molar-refractivity contribution in [1.82, 2.24) is 0 Å². The molecule has 13 heavy (non-hydrogen) atoms. The normalized spacial score (nSPS) is 21.0. The number of ether oxygens (including phenoxy) is 2. The molecule has 1 rings (SSSR count). The minimum atomic E-state index is -0.531. The van der Waals surface area contributed by atoms with Gasteiger partial charge < -0.3 is 14.3 Å². The van der Waals surface area contributed by atoms with E-state index < -0.39 is 5.97 Å². The summed E-state index contributed by atoms with van der Waals surface area (Å²) < 4.78 is 9.39. The van der Waals surface area contributed by atoms with Crippen LogP contribution < -0.4 is 0 Å². The third-order valence-corrected chi connectivity index (χ3v) is 1.66. The number of esters is 1. The van der Waals surface area contributed by atoms with Gasteiger partial charge in [-0.3, -0.25) is 0 Å². The number of allylic oxidation sites excluding steroid dienone is 2. The van der Waals surface area contributed by atoms with Gasteiger partial charge in [-0.05, 0) is 18.6 Å². The van der Waals surface area contributed by atoms with E-state index in [2.05, 4.69) is 4.74 Å². The SMILES string of the molecule is COC(=O)C1=CCC(C=O)C=CO1. The topological polar surface area (TPSA) is 52.6 Å². The van der Waals surface area contributed by atoms with E-state index in [0.29, 0.717) is 6.42 Å². The van der Waals surface area contributed by atoms with E-state index in [-0.39, 0.29) is 11.7 Å². The Hall–Kier alpha value is -1.58. The fraction of sp³-hybridized carbons (Fsp3) is 0.333. The molecule has 0 N–H and O–H groups in total. The molecule has 70 valence electrons. The van der Waals surface area contributed by atoms with Crippen molar-refractivity contribution in [2.75, 3.05) is 7.11 Å². The first kappa shape index (κ1) is 9.51. The van der Waals surface area contributed by atoms with Gasteiger partial charge in [0.15, 0.2) is 0 Å². The molecule has 0 aliphatic carbocycles. The molecule has 0 spiro atoms. The monoisotopic (exact) mass is 182 g/mol. The Morgan fingerprint density at radius 1 is 1.77 bits per heavy atom. The first-order valence-corrected chi connectivity index (χ1v) is 3.85. The Bertz CT molecular complexity index is 265. The van der Waals surface area contributed by atoms with Crippen LogP contribution in [0.1, 0.15) is 6.42 Å². The Balaban J connectivity index is 2.69. The summed E-state index contributed by atoms with van der Waals surface area (Å²) in [5.41, 5.74) is 0. The Labute approximate surface area is 75.8 Å². The summed E-state index contributed by atoms with van der Waals surface area (Å²) in [6, 6.07) is 0. The summed E-state index contributed by atoms with van der Waals surface area (Å²) in [6.07, 6.45) is 5.74. The van der Waals surface area contributed by atoms with E-state index >= 15 is 0 Å². The lowest BCUT2D eigenvalue weighted by Crippen LogP contribution is -2.05. The lowest BCUT2D eigenvalue weighted by molar-refractivity contribution is -0.139. The fourth-order valence-electron chi connectivity index (χ4n) is 0.916. The van der Waals surface area contributed by atoms with Gasteiger partial charge in [0.05, 0.1) is 13.4 Å². The zero-order chi connectivity index (χ0) is 9.68. The number of hydrogen-bond acceptors (Lipinski definition) is 4. The van der Waals surface area contributed by atoms with E-state index in [1.54, 1.807) is 12.2 Å². The molecule has 0 aromatic rings. The Morgan fingerprint density at radius 3 is 3.15 bits per heavy atom. The number of aldehydes is 1. The number of methoxy groups -OCH3 is 1. The van der Waals surface area contributed by atoms with Gasteiger partial charge >= 0.3 is 5.97 Å². The van der Waals surface area contributed by atoms with Crippen molar-refractivity contribution < 1.29 is 19.1 Å². The third-order valence-electron chi connectivity index (χ3n) is 1.66. The molecule has 4 nitrogen and oxygen atoms in total. The van der Waals surface area contributed by atoms with Crippen LogP contribution in [0.3, 0.4) is 0 Å². The molecule has 1 aliphatic rings. The number of carbonyl (C=O) groups is 2. The highest BCUT2D eigenvalue weighted by molar-refractivity contribution is 5.86. The van der Waals surface area contributed by atoms with Crippen LogP contribution in [0.2, 0.25) is 0 Å². The molecule has 0 amide bonds. The van der Waals surface area contributed by atoms with E-state index in [1.807, 2.05) is 0 Å². The van der Waals surface area contributed by atoms with Crippen molar-refractivity contribution in [3.8, 4) is 0 Å². The van der Waals surface area contributed by atoms with Crippen molar-refractivity contribution in [3.63, 3.8) is 0 Å². The molecule has 1 unspecified atom stereocenters. The minimum absolute atomic E-state index is 0.128. The Morgan fingerprint density at radius 2 is 2.54 bits per heavy atom.